The van der Waals surface area contributed by atoms with Crippen molar-refractivity contribution in [3.8, 4) is 0 Å². The lowest BCUT2D eigenvalue weighted by Crippen LogP contribution is -2.48. The number of halogens is 1. The Bertz CT molecular complexity index is 462. The molecule has 1 aromatic carbocycles. The first-order valence-corrected chi connectivity index (χ1v) is 7.69. The predicted octanol–water partition coefficient (Wildman–Crippen LogP) is 3.08. The molecule has 0 radical (unpaired) electrons. The molecule has 1 unspecified atom stereocenters. The number of carbonyl (C=O) groups is 1. The van der Waals surface area contributed by atoms with Crippen LogP contribution in [0, 0.1) is 5.92 Å². The summed E-state index contributed by atoms with van der Waals surface area (Å²) in [5.41, 5.74) is 1.23. The largest absolute Gasteiger partial charge is 0.352 e. The first kappa shape index (κ1) is 15.3. The van der Waals surface area contributed by atoms with Gasteiger partial charge >= 0.3 is 0 Å². The highest BCUT2D eigenvalue weighted by Crippen LogP contribution is 2.16. The minimum absolute atomic E-state index is 0.0540. The molecule has 1 saturated heterocycles. The van der Waals surface area contributed by atoms with Crippen molar-refractivity contribution in [3.63, 3.8) is 0 Å². The number of nitrogens with zero attached hydrogens (tertiary/aromatic N) is 1. The number of likely N-dealkylation sites (tertiary alicyclic amines) is 1. The Morgan fingerprint density at radius 2 is 2.30 bits per heavy atom. The molecule has 2 rings (SSSR count). The summed E-state index contributed by atoms with van der Waals surface area (Å²) in [6.45, 7) is 6.77. The number of carbonyl (C=O) groups excluding carboxylic acids is 1. The van der Waals surface area contributed by atoms with Gasteiger partial charge in [-0.15, -0.1) is 0 Å². The molecule has 1 atom stereocenters. The Morgan fingerprint density at radius 3 is 3.00 bits per heavy atom. The van der Waals surface area contributed by atoms with Gasteiger partial charge in [0.2, 0.25) is 5.91 Å². The molecule has 0 spiro atoms. The van der Waals surface area contributed by atoms with E-state index in [2.05, 4.69) is 16.3 Å². The van der Waals surface area contributed by atoms with Gasteiger partial charge in [0.15, 0.2) is 0 Å². The molecular weight excluding hydrogens is 272 g/mol. The van der Waals surface area contributed by atoms with E-state index >= 15 is 0 Å². The lowest BCUT2D eigenvalue weighted by Gasteiger charge is -2.33. The van der Waals surface area contributed by atoms with Crippen LogP contribution in [0.1, 0.15) is 32.3 Å². The molecule has 1 N–H and O–H groups in total. The normalized spacial score (nSPS) is 20.1. The van der Waals surface area contributed by atoms with Gasteiger partial charge in [0.05, 0.1) is 0 Å². The first-order chi connectivity index (χ1) is 9.54. The number of nitrogens with one attached hydrogen (secondary N) is 1. The number of amides is 1. The fourth-order valence-corrected chi connectivity index (χ4v) is 2.79. The van der Waals surface area contributed by atoms with E-state index in [4.69, 9.17) is 11.6 Å². The van der Waals surface area contributed by atoms with Crippen LogP contribution in [0.4, 0.5) is 0 Å². The standard InChI is InChI=1S/C16H23ClN2O/c1-12(2)16(20)18-15-7-4-8-19(11-15)10-13-5-3-6-14(17)9-13/h3,5-6,9,12,15H,4,7-8,10-11H2,1-2H3,(H,18,20). The summed E-state index contributed by atoms with van der Waals surface area (Å²) in [4.78, 5) is 14.2. The third-order valence-corrected chi connectivity index (χ3v) is 3.91. The zero-order valence-corrected chi connectivity index (χ0v) is 13.0. The van der Waals surface area contributed by atoms with Crippen LogP contribution >= 0.6 is 11.6 Å². The highest BCUT2D eigenvalue weighted by molar-refractivity contribution is 6.30. The molecule has 1 aliphatic rings. The lowest BCUT2D eigenvalue weighted by atomic mass is 10.0. The van der Waals surface area contributed by atoms with Crippen LogP contribution in [-0.4, -0.2) is 29.9 Å². The van der Waals surface area contributed by atoms with Gasteiger partial charge in [-0.25, -0.2) is 0 Å². The van der Waals surface area contributed by atoms with Crippen LogP contribution in [0.15, 0.2) is 24.3 Å². The summed E-state index contributed by atoms with van der Waals surface area (Å²) >= 11 is 6.02. The molecule has 1 amide bonds. The monoisotopic (exact) mass is 294 g/mol. The maximum atomic E-state index is 11.8. The van der Waals surface area contributed by atoms with Crippen molar-refractivity contribution in [3.05, 3.63) is 34.9 Å². The number of hydrogen-bond donors (Lipinski definition) is 1. The molecule has 20 heavy (non-hydrogen) atoms. The van der Waals surface area contributed by atoms with Crippen molar-refractivity contribution in [2.24, 2.45) is 5.92 Å². The van der Waals surface area contributed by atoms with Crippen LogP contribution in [0.25, 0.3) is 0 Å². The van der Waals surface area contributed by atoms with Crippen molar-refractivity contribution in [1.82, 2.24) is 10.2 Å². The molecule has 1 fully saturated rings. The maximum absolute atomic E-state index is 11.8. The van der Waals surface area contributed by atoms with E-state index in [-0.39, 0.29) is 17.9 Å². The summed E-state index contributed by atoms with van der Waals surface area (Å²) in [5, 5.41) is 3.92. The summed E-state index contributed by atoms with van der Waals surface area (Å²) in [7, 11) is 0. The van der Waals surface area contributed by atoms with Gasteiger partial charge in [-0.05, 0) is 37.1 Å². The Hall–Kier alpha value is -1.06. The van der Waals surface area contributed by atoms with Gasteiger partial charge in [0, 0.05) is 30.1 Å². The second-order valence-electron chi connectivity index (χ2n) is 5.87. The molecule has 1 heterocycles. The third-order valence-electron chi connectivity index (χ3n) is 3.67. The van der Waals surface area contributed by atoms with E-state index in [9.17, 15) is 4.79 Å². The van der Waals surface area contributed by atoms with Gasteiger partial charge in [-0.3, -0.25) is 9.69 Å². The number of rotatable bonds is 4. The van der Waals surface area contributed by atoms with Crippen molar-refractivity contribution in [1.29, 1.82) is 0 Å². The molecular formula is C16H23ClN2O. The Morgan fingerprint density at radius 1 is 1.50 bits per heavy atom. The van der Waals surface area contributed by atoms with Gasteiger partial charge in [-0.2, -0.15) is 0 Å². The zero-order chi connectivity index (χ0) is 14.5. The van der Waals surface area contributed by atoms with Gasteiger partial charge in [-0.1, -0.05) is 37.6 Å². The van der Waals surface area contributed by atoms with Crippen LogP contribution in [0.2, 0.25) is 5.02 Å². The van der Waals surface area contributed by atoms with Gasteiger partial charge in [0.1, 0.15) is 0 Å². The SMILES string of the molecule is CC(C)C(=O)NC1CCCN(Cc2cccc(Cl)c2)C1. The van der Waals surface area contributed by atoms with Crippen LogP contribution in [-0.2, 0) is 11.3 Å². The molecule has 0 aliphatic carbocycles. The first-order valence-electron chi connectivity index (χ1n) is 7.32. The molecule has 0 bridgehead atoms. The van der Waals surface area contributed by atoms with Crippen molar-refractivity contribution >= 4 is 17.5 Å². The van der Waals surface area contributed by atoms with Gasteiger partial charge < -0.3 is 5.32 Å². The van der Waals surface area contributed by atoms with Crippen LogP contribution in [0.3, 0.4) is 0 Å². The summed E-state index contributed by atoms with van der Waals surface area (Å²) in [5.74, 6) is 0.206. The number of benzene rings is 1. The van der Waals surface area contributed by atoms with E-state index in [1.165, 1.54) is 5.56 Å². The molecule has 3 nitrogen and oxygen atoms in total. The maximum Gasteiger partial charge on any atom is 0.222 e. The summed E-state index contributed by atoms with van der Waals surface area (Å²) in [6.07, 6.45) is 2.20. The Balaban J connectivity index is 1.89. The quantitative estimate of drug-likeness (QED) is 0.925. The van der Waals surface area contributed by atoms with Crippen molar-refractivity contribution in [2.75, 3.05) is 13.1 Å². The topological polar surface area (TPSA) is 32.3 Å². The zero-order valence-electron chi connectivity index (χ0n) is 12.2. The van der Waals surface area contributed by atoms with Crippen LogP contribution < -0.4 is 5.32 Å². The second-order valence-corrected chi connectivity index (χ2v) is 6.30. The number of piperidine rings is 1. The van der Waals surface area contributed by atoms with E-state index in [1.807, 2.05) is 32.0 Å². The molecule has 1 aromatic rings. The fourth-order valence-electron chi connectivity index (χ4n) is 2.58. The smallest absolute Gasteiger partial charge is 0.222 e. The molecule has 0 aromatic heterocycles. The fraction of sp³-hybridized carbons (Fsp3) is 0.562. The Labute approximate surface area is 126 Å². The number of hydrogen-bond acceptors (Lipinski definition) is 2. The summed E-state index contributed by atoms with van der Waals surface area (Å²) < 4.78 is 0. The van der Waals surface area contributed by atoms with E-state index < -0.39 is 0 Å². The molecule has 1 aliphatic heterocycles. The van der Waals surface area contributed by atoms with Crippen molar-refractivity contribution in [2.45, 2.75) is 39.3 Å². The minimum atomic E-state index is 0.0540. The molecule has 4 heteroatoms. The average Bonchev–Trinajstić information content (AvgIpc) is 2.39. The van der Waals surface area contributed by atoms with E-state index in [1.54, 1.807) is 0 Å². The van der Waals surface area contributed by atoms with Gasteiger partial charge in [0.25, 0.3) is 0 Å². The van der Waals surface area contributed by atoms with E-state index in [0.29, 0.717) is 0 Å². The van der Waals surface area contributed by atoms with E-state index in [0.717, 1.165) is 37.5 Å². The minimum Gasteiger partial charge on any atom is -0.352 e. The van der Waals surface area contributed by atoms with Crippen LogP contribution in [0.5, 0.6) is 0 Å². The predicted molar refractivity (Wildman–Crippen MR) is 82.7 cm³/mol. The van der Waals surface area contributed by atoms with Crippen molar-refractivity contribution < 1.29 is 4.79 Å². The molecule has 110 valence electrons. The molecule has 0 saturated carbocycles. The second kappa shape index (κ2) is 7.09. The summed E-state index contributed by atoms with van der Waals surface area (Å²) in [6, 6.07) is 8.27. The lowest BCUT2D eigenvalue weighted by molar-refractivity contribution is -0.125. The Kier molecular flexibility index (Phi) is 5.44. The highest BCUT2D eigenvalue weighted by Gasteiger charge is 2.22. The average molecular weight is 295 g/mol. The highest BCUT2D eigenvalue weighted by atomic mass is 35.5. The third kappa shape index (κ3) is 4.50.